The molecule has 1 aliphatic heterocycles. The maximum Gasteiger partial charge on any atom is 0.235 e. The van der Waals surface area contributed by atoms with Crippen LogP contribution in [0.15, 0.2) is 18.2 Å². The van der Waals surface area contributed by atoms with E-state index in [0.717, 1.165) is 30.6 Å². The van der Waals surface area contributed by atoms with Crippen LogP contribution in [-0.4, -0.2) is 25.2 Å². The average Bonchev–Trinajstić information content (AvgIpc) is 3.28. The number of carbonyl (C=O) groups is 2. The summed E-state index contributed by atoms with van der Waals surface area (Å²) in [6, 6.07) is 5.57. The second-order valence-electron chi connectivity index (χ2n) is 6.42. The van der Waals surface area contributed by atoms with Gasteiger partial charge in [-0.2, -0.15) is 0 Å². The summed E-state index contributed by atoms with van der Waals surface area (Å²) in [5, 5.41) is 5.78. The molecule has 1 aromatic rings. The molecule has 6 nitrogen and oxygen atoms in total. The van der Waals surface area contributed by atoms with Crippen molar-refractivity contribution in [1.29, 1.82) is 0 Å². The summed E-state index contributed by atoms with van der Waals surface area (Å²) in [7, 11) is 0. The van der Waals surface area contributed by atoms with E-state index in [9.17, 15) is 9.59 Å². The Morgan fingerprint density at radius 3 is 2.58 bits per heavy atom. The molecular formula is C18H24N2O4. The number of fused-ring (bicyclic) bond motifs is 1. The third kappa shape index (κ3) is 3.47. The fourth-order valence-corrected chi connectivity index (χ4v) is 2.83. The minimum Gasteiger partial charge on any atom is -0.454 e. The van der Waals surface area contributed by atoms with E-state index in [1.165, 1.54) is 0 Å². The predicted molar refractivity (Wildman–Crippen MR) is 88.6 cm³/mol. The third-order valence-electron chi connectivity index (χ3n) is 4.58. The number of hydrogen-bond acceptors (Lipinski definition) is 4. The van der Waals surface area contributed by atoms with Gasteiger partial charge >= 0.3 is 0 Å². The van der Waals surface area contributed by atoms with E-state index in [4.69, 9.17) is 9.47 Å². The third-order valence-corrected chi connectivity index (χ3v) is 4.58. The molecule has 1 fully saturated rings. The standard InChI is InChI=1S/C18H24N2O4/c1-2-3-4-9-19-16(21)18(7-8-18)17(22)20-11-13-5-6-14-15(10-13)24-12-23-14/h5-6,10H,2-4,7-9,11-12H2,1H3,(H,19,21)(H,20,22). The van der Waals surface area contributed by atoms with Crippen LogP contribution in [-0.2, 0) is 16.1 Å². The van der Waals surface area contributed by atoms with Crippen LogP contribution in [0.1, 0.15) is 44.6 Å². The Morgan fingerprint density at radius 1 is 1.08 bits per heavy atom. The van der Waals surface area contributed by atoms with Crippen molar-refractivity contribution in [1.82, 2.24) is 10.6 Å². The lowest BCUT2D eigenvalue weighted by Crippen LogP contribution is -2.43. The maximum absolute atomic E-state index is 12.4. The van der Waals surface area contributed by atoms with Gasteiger partial charge in [-0.1, -0.05) is 25.8 Å². The number of unbranched alkanes of at least 4 members (excludes halogenated alkanes) is 2. The molecule has 1 heterocycles. The molecule has 0 spiro atoms. The van der Waals surface area contributed by atoms with Crippen LogP contribution in [0, 0.1) is 5.41 Å². The van der Waals surface area contributed by atoms with E-state index in [-0.39, 0.29) is 18.6 Å². The molecule has 1 saturated carbocycles. The summed E-state index contributed by atoms with van der Waals surface area (Å²) in [6.45, 7) is 3.37. The van der Waals surface area contributed by atoms with Crippen LogP contribution >= 0.6 is 0 Å². The monoisotopic (exact) mass is 332 g/mol. The molecule has 0 unspecified atom stereocenters. The molecule has 24 heavy (non-hydrogen) atoms. The molecule has 1 aliphatic carbocycles. The van der Waals surface area contributed by atoms with Gasteiger partial charge in [0.05, 0.1) is 0 Å². The summed E-state index contributed by atoms with van der Waals surface area (Å²) in [5.41, 5.74) is 0.0643. The molecule has 0 radical (unpaired) electrons. The Balaban J connectivity index is 1.50. The summed E-state index contributed by atoms with van der Waals surface area (Å²) < 4.78 is 10.6. The van der Waals surface area contributed by atoms with Gasteiger partial charge in [0.2, 0.25) is 18.6 Å². The fraction of sp³-hybridized carbons (Fsp3) is 0.556. The van der Waals surface area contributed by atoms with Gasteiger partial charge in [0, 0.05) is 13.1 Å². The van der Waals surface area contributed by atoms with Crippen LogP contribution in [0.25, 0.3) is 0 Å². The smallest absolute Gasteiger partial charge is 0.235 e. The van der Waals surface area contributed by atoms with Gasteiger partial charge in [-0.05, 0) is 37.0 Å². The van der Waals surface area contributed by atoms with Gasteiger partial charge < -0.3 is 20.1 Å². The highest BCUT2D eigenvalue weighted by Crippen LogP contribution is 2.46. The zero-order chi connectivity index (χ0) is 17.0. The largest absolute Gasteiger partial charge is 0.454 e. The van der Waals surface area contributed by atoms with E-state index in [2.05, 4.69) is 17.6 Å². The fourth-order valence-electron chi connectivity index (χ4n) is 2.83. The van der Waals surface area contributed by atoms with Crippen LogP contribution in [0.3, 0.4) is 0 Å². The minimum atomic E-state index is -0.859. The highest BCUT2D eigenvalue weighted by atomic mass is 16.7. The van der Waals surface area contributed by atoms with Crippen molar-refractivity contribution < 1.29 is 19.1 Å². The van der Waals surface area contributed by atoms with Gasteiger partial charge in [-0.3, -0.25) is 9.59 Å². The molecule has 2 amide bonds. The first-order chi connectivity index (χ1) is 11.7. The number of ether oxygens (including phenoxy) is 2. The summed E-state index contributed by atoms with van der Waals surface area (Å²) in [6.07, 6.45) is 4.40. The number of hydrogen-bond donors (Lipinski definition) is 2. The Hall–Kier alpha value is -2.24. The molecule has 2 aliphatic rings. The zero-order valence-electron chi connectivity index (χ0n) is 14.0. The minimum absolute atomic E-state index is 0.137. The molecule has 3 rings (SSSR count). The summed E-state index contributed by atoms with van der Waals surface area (Å²) >= 11 is 0. The van der Waals surface area contributed by atoms with Gasteiger partial charge in [-0.25, -0.2) is 0 Å². The molecule has 2 N–H and O–H groups in total. The highest BCUT2D eigenvalue weighted by Gasteiger charge is 2.56. The average molecular weight is 332 g/mol. The van der Waals surface area contributed by atoms with E-state index < -0.39 is 5.41 Å². The SMILES string of the molecule is CCCCCNC(=O)C1(C(=O)NCc2ccc3c(c2)OCO3)CC1. The second-order valence-corrected chi connectivity index (χ2v) is 6.42. The normalized spacial score (nSPS) is 16.5. The van der Waals surface area contributed by atoms with Gasteiger partial charge in [0.1, 0.15) is 5.41 Å². The molecule has 6 heteroatoms. The number of benzene rings is 1. The maximum atomic E-state index is 12.4. The highest BCUT2D eigenvalue weighted by molar-refractivity contribution is 6.07. The zero-order valence-corrected chi connectivity index (χ0v) is 14.0. The van der Waals surface area contributed by atoms with Crippen molar-refractivity contribution in [2.45, 2.75) is 45.6 Å². The van der Waals surface area contributed by atoms with Gasteiger partial charge in [0.25, 0.3) is 0 Å². The molecule has 0 bridgehead atoms. The van der Waals surface area contributed by atoms with E-state index in [1.807, 2.05) is 18.2 Å². The number of nitrogens with one attached hydrogen (secondary N) is 2. The van der Waals surface area contributed by atoms with Crippen molar-refractivity contribution in [2.75, 3.05) is 13.3 Å². The number of carbonyl (C=O) groups excluding carboxylic acids is 2. The van der Waals surface area contributed by atoms with Crippen LogP contribution < -0.4 is 20.1 Å². The molecular weight excluding hydrogens is 308 g/mol. The first-order valence-corrected chi connectivity index (χ1v) is 8.61. The van der Waals surface area contributed by atoms with E-state index in [1.54, 1.807) is 0 Å². The molecule has 1 aromatic carbocycles. The number of rotatable bonds is 8. The predicted octanol–water partition coefficient (Wildman–Crippen LogP) is 2.12. The molecule has 0 aromatic heterocycles. The van der Waals surface area contributed by atoms with Gasteiger partial charge in [-0.15, -0.1) is 0 Å². The second kappa shape index (κ2) is 7.11. The van der Waals surface area contributed by atoms with Crippen LogP contribution in [0.5, 0.6) is 11.5 Å². The molecule has 0 saturated heterocycles. The first kappa shape index (κ1) is 16.6. The lowest BCUT2D eigenvalue weighted by molar-refractivity contribution is -0.137. The summed E-state index contributed by atoms with van der Waals surface area (Å²) in [4.78, 5) is 24.7. The number of amides is 2. The molecule has 130 valence electrons. The van der Waals surface area contributed by atoms with Crippen molar-refractivity contribution in [2.24, 2.45) is 5.41 Å². The first-order valence-electron chi connectivity index (χ1n) is 8.61. The molecule has 0 atom stereocenters. The lowest BCUT2D eigenvalue weighted by atomic mass is 10.0. The van der Waals surface area contributed by atoms with Crippen molar-refractivity contribution in [3.8, 4) is 11.5 Å². The van der Waals surface area contributed by atoms with Crippen molar-refractivity contribution in [3.63, 3.8) is 0 Å². The van der Waals surface area contributed by atoms with Crippen molar-refractivity contribution >= 4 is 11.8 Å². The lowest BCUT2D eigenvalue weighted by Gasteiger charge is -2.15. The van der Waals surface area contributed by atoms with E-state index >= 15 is 0 Å². The Kier molecular flexibility index (Phi) is 4.92. The Bertz CT molecular complexity index is 625. The van der Waals surface area contributed by atoms with Crippen molar-refractivity contribution in [3.05, 3.63) is 23.8 Å². The quantitative estimate of drug-likeness (QED) is 0.565. The Morgan fingerprint density at radius 2 is 1.83 bits per heavy atom. The Labute approximate surface area is 141 Å². The van der Waals surface area contributed by atoms with Crippen LogP contribution in [0.4, 0.5) is 0 Å². The van der Waals surface area contributed by atoms with Gasteiger partial charge in [0.15, 0.2) is 11.5 Å². The topological polar surface area (TPSA) is 76.7 Å². The van der Waals surface area contributed by atoms with E-state index in [0.29, 0.717) is 31.7 Å². The van der Waals surface area contributed by atoms with Crippen LogP contribution in [0.2, 0.25) is 0 Å². The summed E-state index contributed by atoms with van der Waals surface area (Å²) in [5.74, 6) is 1.08.